The Hall–Kier alpha value is -1.06. The minimum Gasteiger partial charge on any atom is -0.490 e. The van der Waals surface area contributed by atoms with Crippen molar-refractivity contribution >= 4 is 0 Å². The number of aliphatic hydroxyl groups is 1. The second kappa shape index (κ2) is 8.36. The van der Waals surface area contributed by atoms with Gasteiger partial charge in [-0.1, -0.05) is 39.0 Å². The number of para-hydroxylation sites is 1. The molecule has 3 N–H and O–H groups in total. The van der Waals surface area contributed by atoms with E-state index in [1.807, 2.05) is 12.1 Å². The van der Waals surface area contributed by atoms with Crippen molar-refractivity contribution in [1.82, 2.24) is 0 Å². The van der Waals surface area contributed by atoms with E-state index in [0.29, 0.717) is 24.0 Å². The van der Waals surface area contributed by atoms with Crippen molar-refractivity contribution in [3.8, 4) is 5.75 Å². The summed E-state index contributed by atoms with van der Waals surface area (Å²) in [5.74, 6) is 4.34. The van der Waals surface area contributed by atoms with E-state index in [1.54, 1.807) is 0 Å². The molecule has 3 nitrogen and oxygen atoms in total. The molecule has 0 aromatic heterocycles. The lowest BCUT2D eigenvalue weighted by Gasteiger charge is -2.58. The van der Waals surface area contributed by atoms with Crippen molar-refractivity contribution in [1.29, 1.82) is 0 Å². The SMILES string of the molecule is CC[C@H]([NH2+]C[C@H](O)COc1ccccc1C(C)C)C12CC3CC(CC(C3)C1)C2. The highest BCUT2D eigenvalue weighted by atomic mass is 16.5. The Labute approximate surface area is 171 Å². The molecule has 1 aromatic rings. The molecular formula is C25H40NO2+. The molecule has 28 heavy (non-hydrogen) atoms. The van der Waals surface area contributed by atoms with Crippen LogP contribution in [0.3, 0.4) is 0 Å². The van der Waals surface area contributed by atoms with Gasteiger partial charge in [0.05, 0.1) is 6.04 Å². The van der Waals surface area contributed by atoms with Crippen LogP contribution in [0, 0.1) is 23.2 Å². The Morgan fingerprint density at radius 3 is 2.25 bits per heavy atom. The predicted octanol–water partition coefficient (Wildman–Crippen LogP) is 4.11. The normalized spacial score (nSPS) is 33.2. The average Bonchev–Trinajstić information content (AvgIpc) is 2.65. The molecule has 4 saturated carbocycles. The van der Waals surface area contributed by atoms with Gasteiger partial charge >= 0.3 is 0 Å². The maximum absolute atomic E-state index is 10.6. The van der Waals surface area contributed by atoms with Gasteiger partial charge in [-0.15, -0.1) is 0 Å². The van der Waals surface area contributed by atoms with E-state index in [2.05, 4.69) is 38.2 Å². The lowest BCUT2D eigenvalue weighted by atomic mass is 9.47. The lowest BCUT2D eigenvalue weighted by Crippen LogP contribution is -2.95. The van der Waals surface area contributed by atoms with Gasteiger partial charge in [-0.3, -0.25) is 0 Å². The molecule has 0 amide bonds. The quantitative estimate of drug-likeness (QED) is 0.671. The zero-order valence-corrected chi connectivity index (χ0v) is 18.1. The summed E-state index contributed by atoms with van der Waals surface area (Å²) in [5, 5.41) is 13.1. The Morgan fingerprint density at radius 1 is 1.07 bits per heavy atom. The monoisotopic (exact) mass is 386 g/mol. The minimum absolute atomic E-state index is 0.386. The summed E-state index contributed by atoms with van der Waals surface area (Å²) in [7, 11) is 0. The Morgan fingerprint density at radius 2 is 1.68 bits per heavy atom. The molecule has 0 radical (unpaired) electrons. The molecule has 4 aliphatic carbocycles. The molecule has 0 saturated heterocycles. The van der Waals surface area contributed by atoms with E-state index < -0.39 is 6.10 Å². The molecule has 2 atom stereocenters. The average molecular weight is 387 g/mol. The van der Waals surface area contributed by atoms with Crippen LogP contribution in [-0.2, 0) is 0 Å². The van der Waals surface area contributed by atoms with Gasteiger partial charge in [-0.25, -0.2) is 0 Å². The molecule has 4 fully saturated rings. The van der Waals surface area contributed by atoms with E-state index in [0.717, 1.165) is 30.0 Å². The van der Waals surface area contributed by atoms with Gasteiger partial charge in [0.15, 0.2) is 0 Å². The summed E-state index contributed by atoms with van der Waals surface area (Å²) < 4.78 is 6.01. The molecule has 156 valence electrons. The van der Waals surface area contributed by atoms with Crippen LogP contribution in [0.15, 0.2) is 24.3 Å². The van der Waals surface area contributed by atoms with Crippen LogP contribution in [0.2, 0.25) is 0 Å². The van der Waals surface area contributed by atoms with Gasteiger partial charge in [-0.2, -0.15) is 0 Å². The zero-order chi connectivity index (χ0) is 19.7. The molecule has 5 rings (SSSR count). The third-order valence-corrected chi connectivity index (χ3v) is 7.98. The number of hydrogen-bond acceptors (Lipinski definition) is 2. The van der Waals surface area contributed by atoms with Crippen molar-refractivity contribution in [3.63, 3.8) is 0 Å². The molecule has 0 aliphatic heterocycles. The first-order chi connectivity index (χ1) is 13.5. The number of quaternary nitrogens is 1. The van der Waals surface area contributed by atoms with Gasteiger partial charge in [0.25, 0.3) is 0 Å². The van der Waals surface area contributed by atoms with Gasteiger partial charge in [0.1, 0.15) is 25.0 Å². The number of nitrogens with two attached hydrogens (primary N) is 1. The molecule has 4 bridgehead atoms. The first-order valence-corrected chi connectivity index (χ1v) is 11.7. The highest BCUT2D eigenvalue weighted by Gasteiger charge is 2.55. The number of aliphatic hydroxyl groups excluding tert-OH is 1. The highest BCUT2D eigenvalue weighted by Crippen LogP contribution is 2.61. The standard InChI is InChI=1S/C25H39NO2/c1-4-24(25-12-18-9-19(13-25)11-20(10-18)14-25)26-15-21(27)16-28-23-8-6-5-7-22(23)17(2)3/h5-8,17-21,24,26-27H,4,9-16H2,1-3H3/p+1/t18?,19?,20?,21-,24-,25?/m0/s1. The predicted molar refractivity (Wildman–Crippen MR) is 114 cm³/mol. The van der Waals surface area contributed by atoms with Crippen molar-refractivity contribution in [2.75, 3.05) is 13.2 Å². The molecule has 1 aromatic carbocycles. The molecule has 0 heterocycles. The number of hydrogen-bond donors (Lipinski definition) is 2. The van der Waals surface area contributed by atoms with Gasteiger partial charge in [-0.05, 0) is 80.2 Å². The second-order valence-electron chi connectivity index (χ2n) is 10.4. The lowest BCUT2D eigenvalue weighted by molar-refractivity contribution is -0.711. The summed E-state index contributed by atoms with van der Waals surface area (Å²) in [5.41, 5.74) is 1.77. The van der Waals surface area contributed by atoms with Crippen LogP contribution < -0.4 is 10.1 Å². The van der Waals surface area contributed by atoms with E-state index >= 15 is 0 Å². The van der Waals surface area contributed by atoms with Crippen molar-refractivity contribution < 1.29 is 15.2 Å². The van der Waals surface area contributed by atoms with E-state index in [4.69, 9.17) is 4.74 Å². The number of benzene rings is 1. The molecule has 0 spiro atoms. The highest BCUT2D eigenvalue weighted by molar-refractivity contribution is 5.35. The van der Waals surface area contributed by atoms with Gasteiger partial charge in [0.2, 0.25) is 0 Å². The van der Waals surface area contributed by atoms with E-state index in [1.165, 1.54) is 50.5 Å². The maximum atomic E-state index is 10.6. The Kier molecular flexibility index (Phi) is 6.04. The fourth-order valence-electron chi connectivity index (χ4n) is 7.15. The Balaban J connectivity index is 1.31. The van der Waals surface area contributed by atoms with Crippen molar-refractivity contribution in [2.45, 2.75) is 83.8 Å². The topological polar surface area (TPSA) is 46.1 Å². The van der Waals surface area contributed by atoms with Crippen LogP contribution in [0.1, 0.15) is 77.2 Å². The molecular weight excluding hydrogens is 346 g/mol. The second-order valence-corrected chi connectivity index (χ2v) is 10.4. The van der Waals surface area contributed by atoms with Crippen LogP contribution >= 0.6 is 0 Å². The zero-order valence-electron chi connectivity index (χ0n) is 18.1. The summed E-state index contributed by atoms with van der Waals surface area (Å²) in [6.07, 6.45) is 9.65. The third-order valence-electron chi connectivity index (χ3n) is 7.98. The smallest absolute Gasteiger partial charge is 0.137 e. The van der Waals surface area contributed by atoms with Crippen LogP contribution in [0.5, 0.6) is 5.75 Å². The van der Waals surface area contributed by atoms with Crippen LogP contribution in [0.4, 0.5) is 0 Å². The molecule has 3 heteroatoms. The summed E-state index contributed by atoms with van der Waals surface area (Å²) >= 11 is 0. The molecule has 0 unspecified atom stereocenters. The summed E-state index contributed by atoms with van der Waals surface area (Å²) in [6, 6.07) is 8.89. The van der Waals surface area contributed by atoms with Crippen LogP contribution in [0.25, 0.3) is 0 Å². The third kappa shape index (κ3) is 4.11. The fraction of sp³-hybridized carbons (Fsp3) is 0.760. The van der Waals surface area contributed by atoms with Crippen molar-refractivity contribution in [2.24, 2.45) is 23.2 Å². The summed E-state index contributed by atoms with van der Waals surface area (Å²) in [4.78, 5) is 0. The maximum Gasteiger partial charge on any atom is 0.137 e. The first-order valence-electron chi connectivity index (χ1n) is 11.7. The largest absolute Gasteiger partial charge is 0.490 e. The van der Waals surface area contributed by atoms with E-state index in [9.17, 15) is 5.11 Å². The molecule has 4 aliphatic rings. The van der Waals surface area contributed by atoms with Crippen LogP contribution in [-0.4, -0.2) is 30.4 Å². The fourth-order valence-corrected chi connectivity index (χ4v) is 7.15. The Bertz CT molecular complexity index is 620. The van der Waals surface area contributed by atoms with Gasteiger partial charge < -0.3 is 15.2 Å². The van der Waals surface area contributed by atoms with E-state index in [-0.39, 0.29) is 0 Å². The minimum atomic E-state index is -0.414. The number of ether oxygens (including phenoxy) is 1. The van der Waals surface area contributed by atoms with Crippen molar-refractivity contribution in [3.05, 3.63) is 29.8 Å². The van der Waals surface area contributed by atoms with Gasteiger partial charge in [0, 0.05) is 5.41 Å². The number of rotatable bonds is 9. The summed E-state index contributed by atoms with van der Waals surface area (Å²) in [6.45, 7) is 7.86. The first kappa shape index (κ1) is 20.2.